The van der Waals surface area contributed by atoms with Gasteiger partial charge in [-0.05, 0) is 25.2 Å². The first-order valence-electron chi connectivity index (χ1n) is 7.05. The van der Waals surface area contributed by atoms with Crippen molar-refractivity contribution < 1.29 is 9.32 Å². The number of nitrogens with zero attached hydrogens (tertiary/aromatic N) is 3. The van der Waals surface area contributed by atoms with E-state index in [2.05, 4.69) is 25.7 Å². The number of nitrogens with two attached hydrogens (primary N) is 1. The molecule has 3 rings (SSSR count). The fourth-order valence-corrected chi connectivity index (χ4v) is 2.45. The summed E-state index contributed by atoms with van der Waals surface area (Å²) >= 11 is 0. The summed E-state index contributed by atoms with van der Waals surface area (Å²) in [6, 6.07) is 6.59. The molecule has 0 aliphatic carbocycles. The molecular formula is C14H18N6O2. The predicted molar refractivity (Wildman–Crippen MR) is 81.2 cm³/mol. The van der Waals surface area contributed by atoms with Crippen molar-refractivity contribution in [3.63, 3.8) is 0 Å². The van der Waals surface area contributed by atoms with Crippen LogP contribution >= 0.6 is 0 Å². The van der Waals surface area contributed by atoms with Gasteiger partial charge in [-0.2, -0.15) is 4.98 Å². The molecule has 2 heterocycles. The van der Waals surface area contributed by atoms with Crippen molar-refractivity contribution in [3.8, 4) is 11.5 Å². The van der Waals surface area contributed by atoms with Crippen LogP contribution in [0.2, 0.25) is 0 Å². The Balaban J connectivity index is 1.82. The second-order valence-electron chi connectivity index (χ2n) is 5.23. The Kier molecular flexibility index (Phi) is 4.03. The number of anilines is 1. The van der Waals surface area contributed by atoms with Crippen LogP contribution in [0.3, 0.4) is 0 Å². The fourth-order valence-electron chi connectivity index (χ4n) is 2.45. The number of urea groups is 1. The van der Waals surface area contributed by atoms with Gasteiger partial charge in [0.2, 0.25) is 0 Å². The second kappa shape index (κ2) is 6.12. The van der Waals surface area contributed by atoms with Crippen LogP contribution in [0, 0.1) is 0 Å². The number of amides is 2. The third kappa shape index (κ3) is 3.07. The zero-order chi connectivity index (χ0) is 15.5. The van der Waals surface area contributed by atoms with Crippen molar-refractivity contribution in [1.29, 1.82) is 0 Å². The molecule has 2 aromatic rings. The van der Waals surface area contributed by atoms with E-state index in [0.717, 1.165) is 25.2 Å². The van der Waals surface area contributed by atoms with Gasteiger partial charge in [0.05, 0.1) is 6.04 Å². The molecule has 8 nitrogen and oxygen atoms in total. The van der Waals surface area contributed by atoms with E-state index >= 15 is 0 Å². The molecular weight excluding hydrogens is 284 g/mol. The molecule has 0 bridgehead atoms. The molecule has 0 radical (unpaired) electrons. The zero-order valence-corrected chi connectivity index (χ0v) is 12.2. The Morgan fingerprint density at radius 3 is 3.18 bits per heavy atom. The van der Waals surface area contributed by atoms with E-state index in [0.29, 0.717) is 17.4 Å². The fraction of sp³-hybridized carbons (Fsp3) is 0.357. The summed E-state index contributed by atoms with van der Waals surface area (Å²) in [5.74, 6) is 1.07. The molecule has 1 fully saturated rings. The number of piperazine rings is 1. The number of rotatable bonds is 3. The van der Waals surface area contributed by atoms with Crippen LogP contribution in [0.15, 0.2) is 28.8 Å². The lowest BCUT2D eigenvalue weighted by atomic mass is 10.2. The van der Waals surface area contributed by atoms with Crippen LogP contribution in [-0.2, 0) is 0 Å². The minimum Gasteiger partial charge on any atom is -0.351 e. The van der Waals surface area contributed by atoms with Crippen LogP contribution in [0.1, 0.15) is 11.9 Å². The van der Waals surface area contributed by atoms with Crippen molar-refractivity contribution in [1.82, 2.24) is 20.4 Å². The third-order valence-corrected chi connectivity index (χ3v) is 3.63. The van der Waals surface area contributed by atoms with E-state index < -0.39 is 6.03 Å². The summed E-state index contributed by atoms with van der Waals surface area (Å²) in [5, 5.41) is 9.92. The molecule has 0 spiro atoms. The zero-order valence-electron chi connectivity index (χ0n) is 12.2. The van der Waals surface area contributed by atoms with E-state index in [4.69, 9.17) is 10.3 Å². The van der Waals surface area contributed by atoms with Crippen molar-refractivity contribution in [3.05, 3.63) is 30.1 Å². The molecule has 1 atom stereocenters. The average molecular weight is 302 g/mol. The molecule has 1 aromatic heterocycles. The lowest BCUT2D eigenvalue weighted by Crippen LogP contribution is -2.44. The van der Waals surface area contributed by atoms with Gasteiger partial charge in [-0.3, -0.25) is 4.90 Å². The quantitative estimate of drug-likeness (QED) is 0.774. The van der Waals surface area contributed by atoms with Gasteiger partial charge >= 0.3 is 6.03 Å². The Hall–Kier alpha value is -2.45. The van der Waals surface area contributed by atoms with Crippen LogP contribution < -0.4 is 16.4 Å². The van der Waals surface area contributed by atoms with Gasteiger partial charge in [0, 0.05) is 30.9 Å². The summed E-state index contributed by atoms with van der Waals surface area (Å²) in [5.41, 5.74) is 6.43. The minimum atomic E-state index is -0.613. The number of aromatic nitrogens is 2. The van der Waals surface area contributed by atoms with Crippen molar-refractivity contribution in [2.45, 2.75) is 6.04 Å². The number of carbonyl (C=O) groups excluding carboxylic acids is 1. The van der Waals surface area contributed by atoms with E-state index in [1.165, 1.54) is 0 Å². The monoisotopic (exact) mass is 302 g/mol. The molecule has 0 saturated carbocycles. The van der Waals surface area contributed by atoms with Gasteiger partial charge < -0.3 is 20.9 Å². The number of hydrogen-bond donors (Lipinski definition) is 3. The summed E-state index contributed by atoms with van der Waals surface area (Å²) in [4.78, 5) is 17.6. The maximum Gasteiger partial charge on any atom is 0.316 e. The van der Waals surface area contributed by atoms with Gasteiger partial charge in [-0.25, -0.2) is 4.79 Å². The Morgan fingerprint density at radius 2 is 2.41 bits per heavy atom. The number of hydrogen-bond acceptors (Lipinski definition) is 6. The highest BCUT2D eigenvalue weighted by Gasteiger charge is 2.25. The third-order valence-electron chi connectivity index (χ3n) is 3.63. The van der Waals surface area contributed by atoms with Crippen LogP contribution in [-0.4, -0.2) is 47.8 Å². The number of primary amides is 1. The highest BCUT2D eigenvalue weighted by molar-refractivity contribution is 5.88. The van der Waals surface area contributed by atoms with E-state index in [1.54, 1.807) is 18.2 Å². The summed E-state index contributed by atoms with van der Waals surface area (Å²) in [7, 11) is 2.04. The molecule has 1 saturated heterocycles. The topological polar surface area (TPSA) is 109 Å². The number of nitrogens with one attached hydrogen (secondary N) is 2. The summed E-state index contributed by atoms with van der Waals surface area (Å²) < 4.78 is 5.35. The highest BCUT2D eigenvalue weighted by Crippen LogP contribution is 2.24. The van der Waals surface area contributed by atoms with Crippen molar-refractivity contribution in [2.24, 2.45) is 5.73 Å². The first-order chi connectivity index (χ1) is 10.6. The minimum absolute atomic E-state index is 0.0955. The molecule has 22 heavy (non-hydrogen) atoms. The Labute approximate surface area is 127 Å². The standard InChI is InChI=1S/C14H18N6O2/c1-20-6-5-16-8-11(20)12-18-13(22-19-12)9-3-2-4-10(7-9)17-14(15)21/h2-4,7,11,16H,5-6,8H2,1H3,(H3,15,17,21). The molecule has 4 N–H and O–H groups in total. The molecule has 1 aliphatic heterocycles. The van der Waals surface area contributed by atoms with Crippen LogP contribution in [0.25, 0.3) is 11.5 Å². The molecule has 8 heteroatoms. The van der Waals surface area contributed by atoms with E-state index in [9.17, 15) is 4.79 Å². The smallest absolute Gasteiger partial charge is 0.316 e. The normalized spacial score (nSPS) is 19.0. The van der Waals surface area contributed by atoms with E-state index in [-0.39, 0.29) is 6.04 Å². The van der Waals surface area contributed by atoms with Gasteiger partial charge in [-0.1, -0.05) is 11.2 Å². The number of likely N-dealkylation sites (N-methyl/N-ethyl adjacent to an activating group) is 1. The van der Waals surface area contributed by atoms with Crippen LogP contribution in [0.4, 0.5) is 10.5 Å². The molecule has 2 amide bonds. The average Bonchev–Trinajstić information content (AvgIpc) is 2.97. The maximum atomic E-state index is 10.9. The van der Waals surface area contributed by atoms with E-state index in [1.807, 2.05) is 13.1 Å². The molecule has 1 aliphatic rings. The lowest BCUT2D eigenvalue weighted by Gasteiger charge is -2.30. The second-order valence-corrected chi connectivity index (χ2v) is 5.23. The lowest BCUT2D eigenvalue weighted by molar-refractivity contribution is 0.190. The Morgan fingerprint density at radius 1 is 1.55 bits per heavy atom. The first-order valence-corrected chi connectivity index (χ1v) is 7.05. The van der Waals surface area contributed by atoms with Crippen molar-refractivity contribution in [2.75, 3.05) is 32.0 Å². The van der Waals surface area contributed by atoms with Gasteiger partial charge in [0.25, 0.3) is 5.89 Å². The van der Waals surface area contributed by atoms with Gasteiger partial charge in [0.15, 0.2) is 5.82 Å². The predicted octanol–water partition coefficient (Wildman–Crippen LogP) is 0.803. The van der Waals surface area contributed by atoms with Gasteiger partial charge in [-0.15, -0.1) is 0 Å². The van der Waals surface area contributed by atoms with Gasteiger partial charge in [0.1, 0.15) is 0 Å². The molecule has 1 aromatic carbocycles. The first kappa shape index (κ1) is 14.5. The maximum absolute atomic E-state index is 10.9. The summed E-state index contributed by atoms with van der Waals surface area (Å²) in [6.45, 7) is 2.68. The summed E-state index contributed by atoms with van der Waals surface area (Å²) in [6.07, 6.45) is 0. The van der Waals surface area contributed by atoms with Crippen molar-refractivity contribution >= 4 is 11.7 Å². The van der Waals surface area contributed by atoms with Crippen LogP contribution in [0.5, 0.6) is 0 Å². The highest BCUT2D eigenvalue weighted by atomic mass is 16.5. The number of carbonyl (C=O) groups is 1. The SMILES string of the molecule is CN1CCNCC1c1noc(-c2cccc(NC(N)=O)c2)n1. The Bertz CT molecular complexity index is 671. The molecule has 116 valence electrons. The largest absolute Gasteiger partial charge is 0.351 e. The molecule has 1 unspecified atom stereocenters. The number of benzene rings is 1.